The standard InChI is InChI=1S/C11H17Cl2NOS/c1-4-9-14(6-5-7-16-9)10(15)11(12,13)8(2)3/h4,8H,5-7H2,1-3H3/b9-4-. The summed E-state index contributed by atoms with van der Waals surface area (Å²) in [7, 11) is 0. The number of alkyl halides is 2. The molecule has 92 valence electrons. The van der Waals surface area contributed by atoms with Gasteiger partial charge in [-0.2, -0.15) is 0 Å². The van der Waals surface area contributed by atoms with Crippen LogP contribution < -0.4 is 0 Å². The number of amides is 1. The van der Waals surface area contributed by atoms with Gasteiger partial charge in [0.25, 0.3) is 5.91 Å². The average Bonchev–Trinajstić information content (AvgIpc) is 2.27. The second kappa shape index (κ2) is 5.65. The smallest absolute Gasteiger partial charge is 0.264 e. The molecule has 1 saturated heterocycles. The molecule has 2 nitrogen and oxygen atoms in total. The van der Waals surface area contributed by atoms with E-state index in [1.807, 2.05) is 26.8 Å². The van der Waals surface area contributed by atoms with Crippen LogP contribution in [0.4, 0.5) is 0 Å². The average molecular weight is 282 g/mol. The van der Waals surface area contributed by atoms with Crippen LogP contribution in [0.3, 0.4) is 0 Å². The summed E-state index contributed by atoms with van der Waals surface area (Å²) in [6, 6.07) is 0. The predicted molar refractivity (Wildman–Crippen MR) is 71.8 cm³/mol. The maximum Gasteiger partial charge on any atom is 0.264 e. The van der Waals surface area contributed by atoms with Gasteiger partial charge in [-0.1, -0.05) is 43.1 Å². The van der Waals surface area contributed by atoms with Crippen molar-refractivity contribution in [2.75, 3.05) is 12.3 Å². The summed E-state index contributed by atoms with van der Waals surface area (Å²) in [6.45, 7) is 6.33. The fourth-order valence-electron chi connectivity index (χ4n) is 1.46. The summed E-state index contributed by atoms with van der Waals surface area (Å²) in [5, 5.41) is 0.961. The van der Waals surface area contributed by atoms with Gasteiger partial charge in [0, 0.05) is 12.3 Å². The van der Waals surface area contributed by atoms with Crippen LogP contribution in [0, 0.1) is 5.92 Å². The van der Waals surface area contributed by atoms with E-state index in [1.54, 1.807) is 16.7 Å². The summed E-state index contributed by atoms with van der Waals surface area (Å²) in [5.41, 5.74) is 0. The molecule has 1 heterocycles. The topological polar surface area (TPSA) is 20.3 Å². The molecule has 0 aromatic rings. The van der Waals surface area contributed by atoms with Crippen LogP contribution in [0.25, 0.3) is 0 Å². The highest BCUT2D eigenvalue weighted by atomic mass is 35.5. The third kappa shape index (κ3) is 2.88. The van der Waals surface area contributed by atoms with Gasteiger partial charge in [0.1, 0.15) is 0 Å². The summed E-state index contributed by atoms with van der Waals surface area (Å²) < 4.78 is -1.33. The van der Waals surface area contributed by atoms with E-state index in [-0.39, 0.29) is 11.8 Å². The van der Waals surface area contributed by atoms with Gasteiger partial charge in [-0.3, -0.25) is 4.79 Å². The van der Waals surface area contributed by atoms with Gasteiger partial charge in [0.2, 0.25) is 0 Å². The molecular weight excluding hydrogens is 265 g/mol. The molecular formula is C11H17Cl2NOS. The van der Waals surface area contributed by atoms with Crippen molar-refractivity contribution < 1.29 is 4.79 Å². The minimum atomic E-state index is -1.33. The van der Waals surface area contributed by atoms with E-state index >= 15 is 0 Å². The number of carbonyl (C=O) groups is 1. The minimum absolute atomic E-state index is 0.103. The molecule has 1 amide bonds. The van der Waals surface area contributed by atoms with Crippen LogP contribution in [0.15, 0.2) is 11.1 Å². The van der Waals surface area contributed by atoms with E-state index in [4.69, 9.17) is 23.2 Å². The fourth-order valence-corrected chi connectivity index (χ4v) is 2.64. The maximum atomic E-state index is 12.2. The zero-order chi connectivity index (χ0) is 12.3. The number of nitrogens with zero attached hydrogens (tertiary/aromatic N) is 1. The first kappa shape index (κ1) is 14.2. The molecule has 0 unspecified atom stereocenters. The number of hydrogen-bond donors (Lipinski definition) is 0. The van der Waals surface area contributed by atoms with Crippen LogP contribution in [0.5, 0.6) is 0 Å². The summed E-state index contributed by atoms with van der Waals surface area (Å²) >= 11 is 13.9. The maximum absolute atomic E-state index is 12.2. The Labute approximate surface area is 111 Å². The highest BCUT2D eigenvalue weighted by Gasteiger charge is 2.41. The number of thioether (sulfide) groups is 1. The lowest BCUT2D eigenvalue weighted by molar-refractivity contribution is -0.130. The van der Waals surface area contributed by atoms with E-state index in [1.165, 1.54) is 0 Å². The second-order valence-electron chi connectivity index (χ2n) is 4.06. The van der Waals surface area contributed by atoms with E-state index in [9.17, 15) is 4.79 Å². The van der Waals surface area contributed by atoms with Crippen molar-refractivity contribution in [3.05, 3.63) is 11.1 Å². The van der Waals surface area contributed by atoms with Gasteiger partial charge in [-0.25, -0.2) is 0 Å². The number of carbonyl (C=O) groups excluding carboxylic acids is 1. The minimum Gasteiger partial charge on any atom is -0.304 e. The lowest BCUT2D eigenvalue weighted by atomic mass is 10.1. The van der Waals surface area contributed by atoms with Crippen molar-refractivity contribution in [1.82, 2.24) is 4.90 Å². The Morgan fingerprint density at radius 2 is 2.19 bits per heavy atom. The molecule has 1 aliphatic heterocycles. The van der Waals surface area contributed by atoms with Gasteiger partial charge >= 0.3 is 0 Å². The SMILES string of the molecule is C/C=C1\SCCCN1C(=O)C(Cl)(Cl)C(C)C. The number of halogens is 2. The van der Waals surface area contributed by atoms with Gasteiger partial charge in [0.15, 0.2) is 4.33 Å². The zero-order valence-electron chi connectivity index (χ0n) is 9.80. The third-order valence-corrected chi connectivity index (χ3v) is 4.99. The first-order chi connectivity index (χ1) is 7.41. The Bertz CT molecular complexity index is 302. The van der Waals surface area contributed by atoms with Crippen molar-refractivity contribution in [3.8, 4) is 0 Å². The first-order valence-electron chi connectivity index (χ1n) is 5.40. The Balaban J connectivity index is 2.87. The molecule has 0 radical (unpaired) electrons. The molecule has 0 atom stereocenters. The molecule has 0 aromatic heterocycles. The lowest BCUT2D eigenvalue weighted by Crippen LogP contribution is -2.45. The molecule has 16 heavy (non-hydrogen) atoms. The van der Waals surface area contributed by atoms with Crippen LogP contribution in [0.2, 0.25) is 0 Å². The zero-order valence-corrected chi connectivity index (χ0v) is 12.1. The van der Waals surface area contributed by atoms with E-state index in [2.05, 4.69) is 0 Å². The van der Waals surface area contributed by atoms with Crippen molar-refractivity contribution >= 4 is 40.9 Å². The van der Waals surface area contributed by atoms with E-state index in [0.717, 1.165) is 17.2 Å². The molecule has 5 heteroatoms. The summed E-state index contributed by atoms with van der Waals surface area (Å²) in [4.78, 5) is 13.9. The lowest BCUT2D eigenvalue weighted by Gasteiger charge is -2.34. The van der Waals surface area contributed by atoms with Crippen LogP contribution >= 0.6 is 35.0 Å². The largest absolute Gasteiger partial charge is 0.304 e. The molecule has 0 aliphatic carbocycles. The Hall–Kier alpha value is 0.140. The van der Waals surface area contributed by atoms with Gasteiger partial charge < -0.3 is 4.90 Å². The summed E-state index contributed by atoms with van der Waals surface area (Å²) in [6.07, 6.45) is 2.92. The van der Waals surface area contributed by atoms with Crippen molar-refractivity contribution in [2.45, 2.75) is 31.5 Å². The van der Waals surface area contributed by atoms with Gasteiger partial charge in [-0.15, -0.1) is 11.8 Å². The molecule has 1 fully saturated rings. The van der Waals surface area contributed by atoms with Crippen molar-refractivity contribution in [3.63, 3.8) is 0 Å². The predicted octanol–water partition coefficient (Wildman–Crippen LogP) is 3.64. The Kier molecular flexibility index (Phi) is 5.02. The van der Waals surface area contributed by atoms with Gasteiger partial charge in [-0.05, 0) is 19.3 Å². The molecule has 0 spiro atoms. The monoisotopic (exact) mass is 281 g/mol. The highest BCUT2D eigenvalue weighted by molar-refractivity contribution is 8.03. The molecule has 0 saturated carbocycles. The highest BCUT2D eigenvalue weighted by Crippen LogP contribution is 2.36. The fraction of sp³-hybridized carbons (Fsp3) is 0.727. The quantitative estimate of drug-likeness (QED) is 0.721. The molecule has 1 aliphatic rings. The van der Waals surface area contributed by atoms with Crippen molar-refractivity contribution in [1.29, 1.82) is 0 Å². The normalized spacial score (nSPS) is 20.6. The Morgan fingerprint density at radius 3 is 2.69 bits per heavy atom. The number of hydrogen-bond acceptors (Lipinski definition) is 2. The summed E-state index contributed by atoms with van der Waals surface area (Å²) in [5.74, 6) is 0.738. The Morgan fingerprint density at radius 1 is 1.56 bits per heavy atom. The van der Waals surface area contributed by atoms with E-state index in [0.29, 0.717) is 6.54 Å². The molecule has 0 N–H and O–H groups in total. The second-order valence-corrected chi connectivity index (χ2v) is 6.56. The number of rotatable bonds is 2. The molecule has 1 rings (SSSR count). The van der Waals surface area contributed by atoms with Gasteiger partial charge in [0.05, 0.1) is 5.03 Å². The third-order valence-electron chi connectivity index (χ3n) is 2.54. The van der Waals surface area contributed by atoms with Crippen molar-refractivity contribution in [2.24, 2.45) is 5.92 Å². The number of allylic oxidation sites excluding steroid dienone is 1. The van der Waals surface area contributed by atoms with Crippen LogP contribution in [0.1, 0.15) is 27.2 Å². The van der Waals surface area contributed by atoms with E-state index < -0.39 is 4.33 Å². The molecule has 0 aromatic carbocycles. The van der Waals surface area contributed by atoms with Crippen LogP contribution in [-0.4, -0.2) is 27.4 Å². The van der Waals surface area contributed by atoms with Crippen LogP contribution in [-0.2, 0) is 4.79 Å². The molecule has 0 bridgehead atoms. The first-order valence-corrected chi connectivity index (χ1v) is 7.14.